The number of methoxy groups -OCH3 is 2. The van der Waals surface area contributed by atoms with Gasteiger partial charge in [-0.05, 0) is 71.1 Å². The van der Waals surface area contributed by atoms with E-state index in [0.29, 0.717) is 24.3 Å². The van der Waals surface area contributed by atoms with Crippen LogP contribution in [-0.2, 0) is 11.2 Å². The molecule has 0 aromatic heterocycles. The first-order chi connectivity index (χ1) is 13.6. The van der Waals surface area contributed by atoms with Gasteiger partial charge in [0, 0.05) is 30.1 Å². The minimum Gasteiger partial charge on any atom is -0.493 e. The number of piperidine rings is 1. The third-order valence-corrected chi connectivity index (χ3v) is 5.76. The van der Waals surface area contributed by atoms with Gasteiger partial charge in [-0.25, -0.2) is 0 Å². The average molecular weight is 405 g/mol. The first kappa shape index (κ1) is 23.5. The second-order valence-corrected chi connectivity index (χ2v) is 9.58. The van der Waals surface area contributed by atoms with Crippen molar-refractivity contribution in [1.82, 2.24) is 10.2 Å². The molecular weight excluding hydrogens is 364 g/mol. The maximum absolute atomic E-state index is 13.3. The van der Waals surface area contributed by atoms with Crippen LogP contribution in [-0.4, -0.2) is 48.7 Å². The molecule has 0 spiro atoms. The molecule has 0 atom stereocenters. The van der Waals surface area contributed by atoms with Gasteiger partial charge in [-0.3, -0.25) is 4.79 Å². The van der Waals surface area contributed by atoms with Crippen molar-refractivity contribution < 1.29 is 14.3 Å². The second-order valence-electron chi connectivity index (χ2n) is 9.58. The number of aryl methyl sites for hydroxylation is 1. The molecule has 1 aromatic rings. The van der Waals surface area contributed by atoms with E-state index in [-0.39, 0.29) is 23.0 Å². The van der Waals surface area contributed by atoms with E-state index in [1.165, 1.54) is 0 Å². The van der Waals surface area contributed by atoms with Gasteiger partial charge in [0.25, 0.3) is 0 Å². The van der Waals surface area contributed by atoms with E-state index < -0.39 is 0 Å². The number of nitrogens with one attached hydrogen (secondary N) is 1. The Labute approximate surface area is 177 Å². The van der Waals surface area contributed by atoms with Gasteiger partial charge in [-0.1, -0.05) is 19.4 Å². The van der Waals surface area contributed by atoms with Crippen LogP contribution >= 0.6 is 0 Å². The third kappa shape index (κ3) is 6.63. The number of carbonyl (C=O) groups excluding carboxylic acids is 1. The van der Waals surface area contributed by atoms with Gasteiger partial charge in [-0.15, -0.1) is 0 Å². The fourth-order valence-electron chi connectivity index (χ4n) is 4.76. The molecule has 29 heavy (non-hydrogen) atoms. The highest BCUT2D eigenvalue weighted by Crippen LogP contribution is 2.32. The van der Waals surface area contributed by atoms with Crippen molar-refractivity contribution in [3.8, 4) is 11.5 Å². The monoisotopic (exact) mass is 404 g/mol. The van der Waals surface area contributed by atoms with Gasteiger partial charge in [0.2, 0.25) is 5.91 Å². The summed E-state index contributed by atoms with van der Waals surface area (Å²) in [5, 5.41) is 3.73. The zero-order valence-corrected chi connectivity index (χ0v) is 19.4. The molecule has 1 saturated heterocycles. The Morgan fingerprint density at radius 1 is 1.10 bits per heavy atom. The SMILES string of the molecule is CCCCN(C(=O)CCc1ccc(OC)c(OC)c1)C1CC(C)(C)NC(C)(C)C1. The molecule has 1 aliphatic rings. The van der Waals surface area contributed by atoms with Crippen molar-refractivity contribution >= 4 is 5.91 Å². The van der Waals surface area contributed by atoms with Crippen molar-refractivity contribution in [3.63, 3.8) is 0 Å². The van der Waals surface area contributed by atoms with E-state index in [2.05, 4.69) is 44.8 Å². The minimum absolute atomic E-state index is 0.0283. The fraction of sp³-hybridized carbons (Fsp3) is 0.708. The van der Waals surface area contributed by atoms with E-state index in [9.17, 15) is 4.79 Å². The fourth-order valence-corrected chi connectivity index (χ4v) is 4.76. The first-order valence-corrected chi connectivity index (χ1v) is 10.9. The Balaban J connectivity index is 2.11. The smallest absolute Gasteiger partial charge is 0.223 e. The van der Waals surface area contributed by atoms with Crippen LogP contribution in [0.1, 0.15) is 72.3 Å². The Morgan fingerprint density at radius 3 is 2.28 bits per heavy atom. The van der Waals surface area contributed by atoms with Gasteiger partial charge in [0.05, 0.1) is 14.2 Å². The summed E-state index contributed by atoms with van der Waals surface area (Å²) in [6.45, 7) is 12.0. The lowest BCUT2D eigenvalue weighted by atomic mass is 9.79. The van der Waals surface area contributed by atoms with Gasteiger partial charge < -0.3 is 19.7 Å². The lowest BCUT2D eigenvalue weighted by Gasteiger charge is -2.49. The van der Waals surface area contributed by atoms with E-state index in [1.807, 2.05) is 18.2 Å². The van der Waals surface area contributed by atoms with Gasteiger partial charge in [0.1, 0.15) is 0 Å². The number of rotatable bonds is 9. The predicted octanol–water partition coefficient (Wildman–Crippen LogP) is 4.57. The largest absolute Gasteiger partial charge is 0.493 e. The summed E-state index contributed by atoms with van der Waals surface area (Å²) in [6.07, 6.45) is 5.35. The number of nitrogens with zero attached hydrogens (tertiary/aromatic N) is 1. The normalized spacial score (nSPS) is 18.3. The van der Waals surface area contributed by atoms with Crippen LogP contribution in [0.4, 0.5) is 0 Å². The summed E-state index contributed by atoms with van der Waals surface area (Å²) in [5.41, 5.74) is 1.15. The number of hydrogen-bond donors (Lipinski definition) is 1. The molecule has 1 N–H and O–H groups in total. The highest BCUT2D eigenvalue weighted by Gasteiger charge is 2.40. The predicted molar refractivity (Wildman–Crippen MR) is 119 cm³/mol. The van der Waals surface area contributed by atoms with E-state index in [0.717, 1.165) is 37.8 Å². The van der Waals surface area contributed by atoms with Crippen LogP contribution in [0.2, 0.25) is 0 Å². The highest BCUT2D eigenvalue weighted by atomic mass is 16.5. The first-order valence-electron chi connectivity index (χ1n) is 10.9. The van der Waals surface area contributed by atoms with Crippen LogP contribution in [0, 0.1) is 0 Å². The van der Waals surface area contributed by atoms with Crippen molar-refractivity contribution in [3.05, 3.63) is 23.8 Å². The lowest BCUT2D eigenvalue weighted by Crippen LogP contribution is -2.62. The second kappa shape index (κ2) is 9.84. The molecule has 0 bridgehead atoms. The molecule has 0 unspecified atom stereocenters. The summed E-state index contributed by atoms with van der Waals surface area (Å²) < 4.78 is 10.7. The molecule has 1 aliphatic heterocycles. The Hall–Kier alpha value is -1.75. The van der Waals surface area contributed by atoms with Gasteiger partial charge in [0.15, 0.2) is 11.5 Å². The molecule has 164 valence electrons. The zero-order valence-electron chi connectivity index (χ0n) is 19.4. The molecule has 1 fully saturated rings. The third-order valence-electron chi connectivity index (χ3n) is 5.76. The standard InChI is InChI=1S/C24H40N2O3/c1-8-9-14-26(19-16-23(2,3)25-24(4,5)17-19)22(27)13-11-18-10-12-20(28-6)21(15-18)29-7/h10,12,15,19,25H,8-9,11,13-14,16-17H2,1-7H3. The molecule has 2 rings (SSSR count). The van der Waals surface area contributed by atoms with Crippen LogP contribution < -0.4 is 14.8 Å². The number of carbonyl (C=O) groups is 1. The number of ether oxygens (including phenoxy) is 2. The summed E-state index contributed by atoms with van der Waals surface area (Å²) in [5.74, 6) is 1.68. The quantitative estimate of drug-likeness (QED) is 0.655. The summed E-state index contributed by atoms with van der Waals surface area (Å²) in [4.78, 5) is 15.4. The summed E-state index contributed by atoms with van der Waals surface area (Å²) in [7, 11) is 3.27. The van der Waals surface area contributed by atoms with Crippen LogP contribution in [0.5, 0.6) is 11.5 Å². The van der Waals surface area contributed by atoms with Crippen molar-refractivity contribution in [2.24, 2.45) is 0 Å². The molecule has 0 aliphatic carbocycles. The number of unbranched alkanes of at least 4 members (excludes halogenated alkanes) is 1. The van der Waals surface area contributed by atoms with E-state index in [4.69, 9.17) is 9.47 Å². The minimum atomic E-state index is 0.0283. The molecule has 1 aromatic carbocycles. The molecule has 5 heteroatoms. The highest BCUT2D eigenvalue weighted by molar-refractivity contribution is 5.77. The molecule has 1 heterocycles. The summed E-state index contributed by atoms with van der Waals surface area (Å²) >= 11 is 0. The topological polar surface area (TPSA) is 50.8 Å². The number of amides is 1. The zero-order chi connectivity index (χ0) is 21.7. The van der Waals surface area contributed by atoms with Crippen LogP contribution in [0.15, 0.2) is 18.2 Å². The number of benzene rings is 1. The van der Waals surface area contributed by atoms with Crippen LogP contribution in [0.25, 0.3) is 0 Å². The maximum Gasteiger partial charge on any atom is 0.223 e. The molecular formula is C24H40N2O3. The van der Waals surface area contributed by atoms with E-state index >= 15 is 0 Å². The average Bonchev–Trinajstić information content (AvgIpc) is 2.63. The molecule has 0 saturated carbocycles. The van der Waals surface area contributed by atoms with Crippen molar-refractivity contribution in [2.45, 2.75) is 90.3 Å². The molecule has 5 nitrogen and oxygen atoms in total. The van der Waals surface area contributed by atoms with E-state index in [1.54, 1.807) is 14.2 Å². The van der Waals surface area contributed by atoms with Gasteiger partial charge >= 0.3 is 0 Å². The van der Waals surface area contributed by atoms with Crippen molar-refractivity contribution in [2.75, 3.05) is 20.8 Å². The molecule has 0 radical (unpaired) electrons. The van der Waals surface area contributed by atoms with Gasteiger partial charge in [-0.2, -0.15) is 0 Å². The summed E-state index contributed by atoms with van der Waals surface area (Å²) in [6, 6.07) is 6.18. The Kier molecular flexibility index (Phi) is 7.98. The lowest BCUT2D eigenvalue weighted by molar-refractivity contribution is -0.135. The maximum atomic E-state index is 13.3. The Bertz CT molecular complexity index is 669. The number of hydrogen-bond acceptors (Lipinski definition) is 4. The molecule has 1 amide bonds. The Morgan fingerprint density at radius 2 is 1.72 bits per heavy atom. The van der Waals surface area contributed by atoms with Crippen molar-refractivity contribution in [1.29, 1.82) is 0 Å². The van der Waals surface area contributed by atoms with Crippen LogP contribution in [0.3, 0.4) is 0 Å².